The molecule has 21 heavy (non-hydrogen) atoms. The molecular weight excluding hydrogens is 276 g/mol. The number of ether oxygens (including phenoxy) is 1. The first-order valence-corrected chi connectivity index (χ1v) is 6.06. The number of nitrogens with two attached hydrogens (primary N) is 1. The molecule has 0 bridgehead atoms. The number of amides is 2. The van der Waals surface area contributed by atoms with Crippen LogP contribution in [0.25, 0.3) is 6.08 Å². The molecule has 1 rings (SSSR count). The third-order valence-electron chi connectivity index (χ3n) is 2.54. The third-order valence-corrected chi connectivity index (χ3v) is 2.54. The van der Waals surface area contributed by atoms with E-state index in [1.807, 2.05) is 0 Å². The number of benzene rings is 1. The highest BCUT2D eigenvalue weighted by molar-refractivity contribution is 5.95. The summed E-state index contributed by atoms with van der Waals surface area (Å²) in [5, 5.41) is 11.1. The van der Waals surface area contributed by atoms with E-state index in [9.17, 15) is 14.4 Å². The van der Waals surface area contributed by atoms with Crippen LogP contribution in [0.2, 0.25) is 0 Å². The highest BCUT2D eigenvalue weighted by Gasteiger charge is 2.20. The van der Waals surface area contributed by atoms with Crippen LogP contribution in [0.3, 0.4) is 0 Å². The highest BCUT2D eigenvalue weighted by Crippen LogP contribution is 2.13. The number of hydrogen-bond acceptors (Lipinski definition) is 4. The molecule has 112 valence electrons. The average Bonchev–Trinajstić information content (AvgIpc) is 2.44. The molecule has 1 aromatic rings. The molecule has 4 N–H and O–H groups in total. The van der Waals surface area contributed by atoms with Gasteiger partial charge in [0.2, 0.25) is 11.8 Å². The Morgan fingerprint density at radius 1 is 1.43 bits per heavy atom. The van der Waals surface area contributed by atoms with Gasteiger partial charge < -0.3 is 20.9 Å². The number of methoxy groups -OCH3 is 1. The van der Waals surface area contributed by atoms with Crippen molar-refractivity contribution in [3.8, 4) is 5.75 Å². The van der Waals surface area contributed by atoms with Crippen molar-refractivity contribution >= 4 is 23.9 Å². The van der Waals surface area contributed by atoms with Crippen molar-refractivity contribution in [2.75, 3.05) is 7.11 Å². The van der Waals surface area contributed by atoms with Crippen molar-refractivity contribution in [3.63, 3.8) is 0 Å². The second-order valence-corrected chi connectivity index (χ2v) is 4.18. The number of carboxylic acids is 1. The van der Waals surface area contributed by atoms with Gasteiger partial charge in [0.05, 0.1) is 13.5 Å². The first-order chi connectivity index (χ1) is 9.92. The fourth-order valence-electron chi connectivity index (χ4n) is 1.54. The molecule has 0 saturated carbocycles. The van der Waals surface area contributed by atoms with Crippen LogP contribution >= 0.6 is 0 Å². The monoisotopic (exact) mass is 292 g/mol. The van der Waals surface area contributed by atoms with Crippen LogP contribution in [-0.4, -0.2) is 36.0 Å². The van der Waals surface area contributed by atoms with Crippen molar-refractivity contribution < 1.29 is 24.2 Å². The Bertz CT molecular complexity index is 568. The predicted molar refractivity (Wildman–Crippen MR) is 75.4 cm³/mol. The maximum atomic E-state index is 11.6. The summed E-state index contributed by atoms with van der Waals surface area (Å²) >= 11 is 0. The van der Waals surface area contributed by atoms with Gasteiger partial charge >= 0.3 is 5.97 Å². The van der Waals surface area contributed by atoms with Gasteiger partial charge in [-0.25, -0.2) is 4.79 Å². The van der Waals surface area contributed by atoms with Gasteiger partial charge in [-0.1, -0.05) is 12.1 Å². The minimum Gasteiger partial charge on any atom is -0.497 e. The van der Waals surface area contributed by atoms with E-state index >= 15 is 0 Å². The van der Waals surface area contributed by atoms with Gasteiger partial charge in [-0.2, -0.15) is 0 Å². The maximum Gasteiger partial charge on any atom is 0.326 e. The number of carbonyl (C=O) groups is 3. The number of nitrogens with one attached hydrogen (secondary N) is 1. The van der Waals surface area contributed by atoms with E-state index in [1.165, 1.54) is 19.3 Å². The zero-order valence-corrected chi connectivity index (χ0v) is 11.4. The van der Waals surface area contributed by atoms with E-state index in [0.29, 0.717) is 11.3 Å². The molecule has 2 amide bonds. The van der Waals surface area contributed by atoms with Crippen molar-refractivity contribution in [2.24, 2.45) is 5.73 Å². The number of hydrogen-bond donors (Lipinski definition) is 3. The molecule has 0 saturated heterocycles. The molecule has 0 fully saturated rings. The first-order valence-electron chi connectivity index (χ1n) is 6.06. The Balaban J connectivity index is 2.68. The standard InChI is InChI=1S/C14H16N2O5/c1-21-10-4-2-3-9(7-10)5-6-13(18)16-11(14(19)20)8-12(15)17/h2-7,11H,8H2,1H3,(H2,15,17)(H,16,18)(H,19,20)/t11-/m0/s1. The first kappa shape index (κ1) is 16.2. The van der Waals surface area contributed by atoms with Gasteiger partial charge in [-0.15, -0.1) is 0 Å². The molecule has 0 aliphatic carbocycles. The molecule has 1 atom stereocenters. The maximum absolute atomic E-state index is 11.6. The lowest BCUT2D eigenvalue weighted by Gasteiger charge is -2.10. The van der Waals surface area contributed by atoms with Crippen LogP contribution in [0, 0.1) is 0 Å². The normalized spacial score (nSPS) is 11.9. The Hall–Kier alpha value is -2.83. The smallest absolute Gasteiger partial charge is 0.326 e. The molecule has 1 aromatic carbocycles. The lowest BCUT2D eigenvalue weighted by Crippen LogP contribution is -2.42. The molecule has 0 radical (unpaired) electrons. The summed E-state index contributed by atoms with van der Waals surface area (Å²) in [5.74, 6) is -2.13. The lowest BCUT2D eigenvalue weighted by atomic mass is 10.2. The largest absolute Gasteiger partial charge is 0.497 e. The summed E-state index contributed by atoms with van der Waals surface area (Å²) in [6.45, 7) is 0. The summed E-state index contributed by atoms with van der Waals surface area (Å²) in [6, 6.07) is 5.63. The Kier molecular flexibility index (Phi) is 5.94. The summed E-state index contributed by atoms with van der Waals surface area (Å²) in [6.07, 6.45) is 2.21. The molecule has 0 aliphatic heterocycles. The number of aliphatic carboxylic acids is 1. The van der Waals surface area contributed by atoms with Crippen molar-refractivity contribution in [2.45, 2.75) is 12.5 Å². The molecule has 0 spiro atoms. The van der Waals surface area contributed by atoms with Gasteiger partial charge in [-0.3, -0.25) is 9.59 Å². The molecular formula is C14H16N2O5. The summed E-state index contributed by atoms with van der Waals surface area (Å²) in [7, 11) is 1.52. The van der Waals surface area contributed by atoms with E-state index in [1.54, 1.807) is 24.3 Å². The van der Waals surface area contributed by atoms with E-state index in [2.05, 4.69) is 5.32 Å². The van der Waals surface area contributed by atoms with Gasteiger partial charge in [0.15, 0.2) is 0 Å². The van der Waals surface area contributed by atoms with Crippen LogP contribution in [0.5, 0.6) is 5.75 Å². The highest BCUT2D eigenvalue weighted by atomic mass is 16.5. The summed E-state index contributed by atoms with van der Waals surface area (Å²) < 4.78 is 5.04. The number of carbonyl (C=O) groups excluding carboxylic acids is 2. The molecule has 7 heteroatoms. The Morgan fingerprint density at radius 2 is 2.14 bits per heavy atom. The fourth-order valence-corrected chi connectivity index (χ4v) is 1.54. The van der Waals surface area contributed by atoms with Crippen LogP contribution in [0.15, 0.2) is 30.3 Å². The molecule has 0 unspecified atom stereocenters. The second-order valence-electron chi connectivity index (χ2n) is 4.18. The van der Waals surface area contributed by atoms with Crippen molar-refractivity contribution in [1.29, 1.82) is 0 Å². The SMILES string of the molecule is COc1cccc(C=CC(=O)N[C@@H](CC(N)=O)C(=O)O)c1. The van der Waals surface area contributed by atoms with Crippen LogP contribution in [0.4, 0.5) is 0 Å². The molecule has 0 aliphatic rings. The predicted octanol–water partition coefficient (Wildman–Crippen LogP) is 0.153. The quantitative estimate of drug-likeness (QED) is 0.618. The minimum absolute atomic E-state index is 0.464. The Labute approximate surface area is 121 Å². The second kappa shape index (κ2) is 7.68. The summed E-state index contributed by atoms with van der Waals surface area (Å²) in [4.78, 5) is 33.2. The molecule has 0 heterocycles. The number of primary amides is 1. The van der Waals surface area contributed by atoms with Gasteiger partial charge in [0.25, 0.3) is 0 Å². The Morgan fingerprint density at radius 3 is 2.71 bits per heavy atom. The molecule has 0 aromatic heterocycles. The van der Waals surface area contributed by atoms with Crippen LogP contribution in [0.1, 0.15) is 12.0 Å². The van der Waals surface area contributed by atoms with Gasteiger partial charge in [-0.05, 0) is 23.8 Å². The van der Waals surface area contributed by atoms with Crippen LogP contribution < -0.4 is 15.8 Å². The number of rotatable bonds is 7. The average molecular weight is 292 g/mol. The van der Waals surface area contributed by atoms with Gasteiger partial charge in [0, 0.05) is 6.08 Å². The topological polar surface area (TPSA) is 119 Å². The van der Waals surface area contributed by atoms with Gasteiger partial charge in [0.1, 0.15) is 11.8 Å². The molecule has 7 nitrogen and oxygen atoms in total. The van der Waals surface area contributed by atoms with E-state index in [0.717, 1.165) is 0 Å². The fraction of sp³-hybridized carbons (Fsp3) is 0.214. The van der Waals surface area contributed by atoms with E-state index in [-0.39, 0.29) is 0 Å². The third kappa shape index (κ3) is 5.77. The van der Waals surface area contributed by atoms with Crippen molar-refractivity contribution in [1.82, 2.24) is 5.32 Å². The minimum atomic E-state index is -1.34. The van der Waals surface area contributed by atoms with E-state index < -0.39 is 30.2 Å². The number of carboxylic acid groups (broad SMARTS) is 1. The zero-order valence-electron chi connectivity index (χ0n) is 11.4. The zero-order chi connectivity index (χ0) is 15.8. The summed E-state index contributed by atoms with van der Waals surface area (Å²) in [5.41, 5.74) is 5.63. The van der Waals surface area contributed by atoms with E-state index in [4.69, 9.17) is 15.6 Å². The van der Waals surface area contributed by atoms with Crippen molar-refractivity contribution in [3.05, 3.63) is 35.9 Å². The lowest BCUT2D eigenvalue weighted by molar-refractivity contribution is -0.142. The van der Waals surface area contributed by atoms with Crippen LogP contribution in [-0.2, 0) is 14.4 Å².